The molecule has 0 fully saturated rings. The quantitative estimate of drug-likeness (QED) is 0.676. The summed E-state index contributed by atoms with van der Waals surface area (Å²) < 4.78 is 29.9. The highest BCUT2D eigenvalue weighted by Crippen LogP contribution is 2.35. The van der Waals surface area contributed by atoms with Gasteiger partial charge in [0.1, 0.15) is 12.4 Å². The van der Waals surface area contributed by atoms with Crippen molar-refractivity contribution < 1.29 is 28.2 Å². The van der Waals surface area contributed by atoms with Gasteiger partial charge in [0.2, 0.25) is 0 Å². The summed E-state index contributed by atoms with van der Waals surface area (Å²) in [6, 6.07) is 10.3. The molecule has 2 amide bonds. The van der Waals surface area contributed by atoms with Crippen molar-refractivity contribution in [3.8, 4) is 11.5 Å². The molecule has 1 unspecified atom stereocenters. The van der Waals surface area contributed by atoms with Crippen molar-refractivity contribution in [2.24, 2.45) is 0 Å². The van der Waals surface area contributed by atoms with E-state index < -0.39 is 18.0 Å². The van der Waals surface area contributed by atoms with E-state index in [1.807, 2.05) is 6.92 Å². The van der Waals surface area contributed by atoms with Gasteiger partial charge < -0.3 is 24.8 Å². The van der Waals surface area contributed by atoms with Crippen LogP contribution in [0.15, 0.2) is 53.7 Å². The van der Waals surface area contributed by atoms with E-state index in [2.05, 4.69) is 10.6 Å². The van der Waals surface area contributed by atoms with Gasteiger partial charge in [-0.15, -0.1) is 0 Å². The summed E-state index contributed by atoms with van der Waals surface area (Å²) in [7, 11) is 2.76. The molecule has 2 N–H and O–H groups in total. The zero-order chi connectivity index (χ0) is 21.7. The Morgan fingerprint density at radius 3 is 2.57 bits per heavy atom. The lowest BCUT2D eigenvalue weighted by Gasteiger charge is -2.29. The van der Waals surface area contributed by atoms with Crippen molar-refractivity contribution in [1.29, 1.82) is 0 Å². The third-order valence-electron chi connectivity index (χ3n) is 4.77. The van der Waals surface area contributed by atoms with Gasteiger partial charge in [-0.1, -0.05) is 31.2 Å². The minimum Gasteiger partial charge on any atom is -0.493 e. The van der Waals surface area contributed by atoms with Crippen LogP contribution in [0.2, 0.25) is 0 Å². The van der Waals surface area contributed by atoms with Crippen LogP contribution in [0, 0.1) is 5.82 Å². The summed E-state index contributed by atoms with van der Waals surface area (Å²) in [5.41, 5.74) is 1.85. The van der Waals surface area contributed by atoms with E-state index in [1.54, 1.807) is 36.4 Å². The molecule has 2 aromatic carbocycles. The molecule has 7 nitrogen and oxygen atoms in total. The number of urea groups is 1. The first-order chi connectivity index (χ1) is 14.5. The number of hydrogen-bond donors (Lipinski definition) is 2. The SMILES string of the molecule is CCC1=C(C(=O)OC)C(c2ccc(OCc3ccccc3F)c(OC)c2)NC(=O)N1. The summed E-state index contributed by atoms with van der Waals surface area (Å²) in [4.78, 5) is 24.5. The Morgan fingerprint density at radius 1 is 1.13 bits per heavy atom. The van der Waals surface area contributed by atoms with E-state index in [4.69, 9.17) is 14.2 Å². The van der Waals surface area contributed by atoms with Crippen LogP contribution in [0.4, 0.5) is 9.18 Å². The zero-order valence-corrected chi connectivity index (χ0v) is 17.0. The first-order valence-electron chi connectivity index (χ1n) is 9.41. The molecule has 0 saturated heterocycles. The van der Waals surface area contributed by atoms with Gasteiger partial charge in [-0.2, -0.15) is 0 Å². The monoisotopic (exact) mass is 414 g/mol. The standard InChI is InChI=1S/C22H23FN2O5/c1-4-16-19(21(26)29-3)20(25-22(27)24-16)13-9-10-17(18(11-13)28-2)30-12-14-7-5-6-8-15(14)23/h5-11,20H,4,12H2,1-3H3,(H2,24,25,27). The molecule has 1 heterocycles. The molecule has 1 atom stereocenters. The van der Waals surface area contributed by atoms with Crippen molar-refractivity contribution in [1.82, 2.24) is 10.6 Å². The fourth-order valence-corrected chi connectivity index (χ4v) is 3.25. The Balaban J connectivity index is 1.91. The van der Waals surface area contributed by atoms with Gasteiger partial charge in [-0.25, -0.2) is 14.0 Å². The lowest BCUT2D eigenvalue weighted by molar-refractivity contribution is -0.136. The third-order valence-corrected chi connectivity index (χ3v) is 4.77. The second-order valence-corrected chi connectivity index (χ2v) is 6.56. The lowest BCUT2D eigenvalue weighted by atomic mass is 9.94. The minimum atomic E-state index is -0.712. The third kappa shape index (κ3) is 4.37. The van der Waals surface area contributed by atoms with Crippen LogP contribution >= 0.6 is 0 Å². The Morgan fingerprint density at radius 2 is 1.90 bits per heavy atom. The van der Waals surface area contributed by atoms with Gasteiger partial charge in [0.15, 0.2) is 11.5 Å². The molecule has 158 valence electrons. The molecule has 3 rings (SSSR count). The molecule has 0 spiro atoms. The van der Waals surface area contributed by atoms with Crippen LogP contribution in [0.25, 0.3) is 0 Å². The van der Waals surface area contributed by atoms with Gasteiger partial charge in [0.25, 0.3) is 0 Å². The molecule has 0 aromatic heterocycles. The number of esters is 1. The molecule has 1 aliphatic heterocycles. The molecular formula is C22H23FN2O5. The zero-order valence-electron chi connectivity index (χ0n) is 17.0. The Kier molecular flexibility index (Phi) is 6.56. The summed E-state index contributed by atoms with van der Waals surface area (Å²) in [6.45, 7) is 1.86. The van der Waals surface area contributed by atoms with Crippen LogP contribution in [0.1, 0.15) is 30.5 Å². The highest BCUT2D eigenvalue weighted by atomic mass is 19.1. The number of allylic oxidation sites excluding steroid dienone is 1. The Bertz CT molecular complexity index is 989. The molecular weight excluding hydrogens is 391 g/mol. The normalized spacial score (nSPS) is 15.9. The number of halogens is 1. The maximum absolute atomic E-state index is 13.8. The number of rotatable bonds is 7. The number of hydrogen-bond acceptors (Lipinski definition) is 5. The van der Waals surface area contributed by atoms with Gasteiger partial charge in [-0.05, 0) is 30.2 Å². The number of benzene rings is 2. The molecule has 0 aliphatic carbocycles. The Labute approximate surface area is 173 Å². The van der Waals surface area contributed by atoms with Crippen molar-refractivity contribution in [2.45, 2.75) is 26.0 Å². The first kappa shape index (κ1) is 21.2. The van der Waals surface area contributed by atoms with Crippen LogP contribution < -0.4 is 20.1 Å². The largest absolute Gasteiger partial charge is 0.493 e. The highest BCUT2D eigenvalue weighted by Gasteiger charge is 2.33. The average molecular weight is 414 g/mol. The summed E-state index contributed by atoms with van der Waals surface area (Å²) in [6.07, 6.45) is 0.454. The summed E-state index contributed by atoms with van der Waals surface area (Å²) >= 11 is 0. The maximum atomic E-state index is 13.8. The second-order valence-electron chi connectivity index (χ2n) is 6.56. The van der Waals surface area contributed by atoms with Gasteiger partial charge >= 0.3 is 12.0 Å². The van der Waals surface area contributed by atoms with E-state index in [0.717, 1.165) is 0 Å². The van der Waals surface area contributed by atoms with E-state index in [-0.39, 0.29) is 12.4 Å². The molecule has 0 radical (unpaired) electrons. The lowest BCUT2D eigenvalue weighted by Crippen LogP contribution is -2.45. The second kappa shape index (κ2) is 9.30. The molecule has 30 heavy (non-hydrogen) atoms. The smallest absolute Gasteiger partial charge is 0.337 e. The van der Waals surface area contributed by atoms with Crippen molar-refractivity contribution >= 4 is 12.0 Å². The van der Waals surface area contributed by atoms with Gasteiger partial charge in [0, 0.05) is 11.3 Å². The predicted molar refractivity (Wildman–Crippen MR) is 107 cm³/mol. The number of carbonyl (C=O) groups is 2. The fourth-order valence-electron chi connectivity index (χ4n) is 3.25. The molecule has 1 aliphatic rings. The minimum absolute atomic E-state index is 0.0275. The number of ether oxygens (including phenoxy) is 3. The van der Waals surface area contributed by atoms with E-state index >= 15 is 0 Å². The number of carbonyl (C=O) groups excluding carboxylic acids is 2. The fraction of sp³-hybridized carbons (Fsp3) is 0.273. The number of nitrogens with one attached hydrogen (secondary N) is 2. The molecule has 2 aromatic rings. The number of methoxy groups -OCH3 is 2. The van der Waals surface area contributed by atoms with Crippen molar-refractivity contribution in [3.05, 3.63) is 70.7 Å². The maximum Gasteiger partial charge on any atom is 0.337 e. The van der Waals surface area contributed by atoms with Crippen LogP contribution in [0.3, 0.4) is 0 Å². The van der Waals surface area contributed by atoms with Crippen molar-refractivity contribution in [2.75, 3.05) is 14.2 Å². The van der Waals surface area contributed by atoms with Crippen molar-refractivity contribution in [3.63, 3.8) is 0 Å². The van der Waals surface area contributed by atoms with E-state index in [9.17, 15) is 14.0 Å². The molecule has 0 saturated carbocycles. The molecule has 8 heteroatoms. The van der Waals surface area contributed by atoms with Gasteiger partial charge in [-0.3, -0.25) is 0 Å². The summed E-state index contributed by atoms with van der Waals surface area (Å²) in [5, 5.41) is 5.40. The van der Waals surface area contributed by atoms with E-state index in [0.29, 0.717) is 40.3 Å². The average Bonchev–Trinajstić information content (AvgIpc) is 2.77. The topological polar surface area (TPSA) is 85.9 Å². The van der Waals surface area contributed by atoms with Crippen LogP contribution in [-0.2, 0) is 16.1 Å². The summed E-state index contributed by atoms with van der Waals surface area (Å²) in [5.74, 6) is -0.100. The predicted octanol–water partition coefficient (Wildman–Crippen LogP) is 3.60. The Hall–Kier alpha value is -3.55. The molecule has 0 bridgehead atoms. The first-order valence-corrected chi connectivity index (χ1v) is 9.41. The van der Waals surface area contributed by atoms with Crippen LogP contribution in [-0.4, -0.2) is 26.2 Å². The van der Waals surface area contributed by atoms with Crippen LogP contribution in [0.5, 0.6) is 11.5 Å². The van der Waals surface area contributed by atoms with Gasteiger partial charge in [0.05, 0.1) is 25.8 Å². The number of amides is 2. The van der Waals surface area contributed by atoms with E-state index in [1.165, 1.54) is 20.3 Å². The highest BCUT2D eigenvalue weighted by molar-refractivity contribution is 5.95.